The second-order valence-corrected chi connectivity index (χ2v) is 9.79. The number of hydrogen-bond acceptors (Lipinski definition) is 8. The zero-order valence-electron chi connectivity index (χ0n) is 19.2. The molecule has 11 heteroatoms. The topological polar surface area (TPSA) is 114 Å². The van der Waals surface area contributed by atoms with Gasteiger partial charge in [0.2, 0.25) is 17.5 Å². The molecule has 2 saturated heterocycles. The number of anilines is 1. The van der Waals surface area contributed by atoms with Crippen molar-refractivity contribution in [3.8, 4) is 0 Å². The zero-order valence-corrected chi connectivity index (χ0v) is 20.0. The average Bonchev–Trinajstić information content (AvgIpc) is 3.55. The number of methoxy groups -OCH3 is 1. The van der Waals surface area contributed by atoms with E-state index >= 15 is 0 Å². The van der Waals surface area contributed by atoms with Gasteiger partial charge in [0.05, 0.1) is 41.8 Å². The molecule has 35 heavy (non-hydrogen) atoms. The molecule has 0 N–H and O–H groups in total. The van der Waals surface area contributed by atoms with Crippen molar-refractivity contribution in [1.82, 2.24) is 9.80 Å². The first-order valence-electron chi connectivity index (χ1n) is 11.5. The Morgan fingerprint density at radius 3 is 2.69 bits per heavy atom. The zero-order chi connectivity index (χ0) is 24.7. The van der Waals surface area contributed by atoms with Crippen molar-refractivity contribution >= 4 is 47.1 Å². The molecule has 1 aromatic carbocycles. The summed E-state index contributed by atoms with van der Waals surface area (Å²) in [5.41, 5.74) is -0.641. The second-order valence-electron chi connectivity index (χ2n) is 8.80. The number of amides is 3. The van der Waals surface area contributed by atoms with Crippen LogP contribution in [0, 0.1) is 0 Å². The molecule has 184 valence electrons. The summed E-state index contributed by atoms with van der Waals surface area (Å²) in [7, 11) is 1.26. The number of rotatable bonds is 7. The first-order valence-corrected chi connectivity index (χ1v) is 12.5. The van der Waals surface area contributed by atoms with Gasteiger partial charge in [-0.05, 0) is 31.4 Å². The normalized spacial score (nSPS) is 24.7. The second kappa shape index (κ2) is 9.03. The Labute approximate surface area is 206 Å². The van der Waals surface area contributed by atoms with E-state index in [4.69, 9.17) is 4.74 Å². The van der Waals surface area contributed by atoms with E-state index in [1.54, 1.807) is 29.2 Å². The predicted molar refractivity (Wildman–Crippen MR) is 125 cm³/mol. The van der Waals surface area contributed by atoms with E-state index in [0.29, 0.717) is 22.7 Å². The summed E-state index contributed by atoms with van der Waals surface area (Å²) in [4.78, 5) is 68.2. The third-order valence-electron chi connectivity index (χ3n) is 6.65. The molecule has 0 aromatic heterocycles. The molecule has 4 aliphatic rings. The van der Waals surface area contributed by atoms with Crippen LogP contribution in [0.1, 0.15) is 42.5 Å². The van der Waals surface area contributed by atoms with Crippen molar-refractivity contribution in [3.63, 3.8) is 0 Å². The number of fused-ring (bicyclic) bond motifs is 3. The van der Waals surface area contributed by atoms with Crippen LogP contribution in [-0.2, 0) is 28.7 Å². The van der Waals surface area contributed by atoms with E-state index in [9.17, 15) is 24.0 Å². The fourth-order valence-corrected chi connectivity index (χ4v) is 5.90. The fraction of sp³-hybridized carbons (Fsp3) is 0.458. The van der Waals surface area contributed by atoms with Crippen LogP contribution in [0.25, 0.3) is 0 Å². The number of carbonyl (C=O) groups is 5. The highest BCUT2D eigenvalue weighted by atomic mass is 32.2. The van der Waals surface area contributed by atoms with Gasteiger partial charge in [0, 0.05) is 25.4 Å². The summed E-state index contributed by atoms with van der Waals surface area (Å²) in [6, 6.07) is 6.74. The van der Waals surface area contributed by atoms with Gasteiger partial charge in [0.1, 0.15) is 0 Å². The van der Waals surface area contributed by atoms with Gasteiger partial charge in [-0.2, -0.15) is 0 Å². The number of esters is 2. The molecule has 1 saturated carbocycles. The molecule has 3 aliphatic heterocycles. The van der Waals surface area contributed by atoms with Crippen LogP contribution in [0.2, 0.25) is 0 Å². The Bertz CT molecular complexity index is 1150. The van der Waals surface area contributed by atoms with Crippen LogP contribution >= 0.6 is 11.8 Å². The van der Waals surface area contributed by atoms with Crippen LogP contribution in [0.3, 0.4) is 0 Å². The molecule has 3 heterocycles. The largest absolute Gasteiger partial charge is 0.466 e. The van der Waals surface area contributed by atoms with Gasteiger partial charge in [-0.15, -0.1) is 0 Å². The maximum Gasteiger partial charge on any atom is 0.353 e. The highest BCUT2D eigenvalue weighted by Gasteiger charge is 2.64. The Balaban J connectivity index is 1.33. The molecule has 1 atom stereocenters. The lowest BCUT2D eigenvalue weighted by Crippen LogP contribution is -2.69. The molecular formula is C24H25N3O7S. The predicted octanol–water partition coefficient (Wildman–Crippen LogP) is 1.65. The molecular weight excluding hydrogens is 474 g/mol. The lowest BCUT2D eigenvalue weighted by molar-refractivity contribution is -0.157. The summed E-state index contributed by atoms with van der Waals surface area (Å²) in [6.07, 6.45) is 3.45. The first kappa shape index (κ1) is 23.4. The van der Waals surface area contributed by atoms with Gasteiger partial charge in [-0.3, -0.25) is 19.3 Å². The molecule has 1 unspecified atom stereocenters. The van der Waals surface area contributed by atoms with Gasteiger partial charge in [-0.1, -0.05) is 23.9 Å². The summed E-state index contributed by atoms with van der Waals surface area (Å²) in [5.74, 6) is -1.58. The van der Waals surface area contributed by atoms with Crippen molar-refractivity contribution in [2.45, 2.75) is 43.8 Å². The van der Waals surface area contributed by atoms with Gasteiger partial charge in [0.25, 0.3) is 5.91 Å². The van der Waals surface area contributed by atoms with Gasteiger partial charge >= 0.3 is 11.9 Å². The maximum absolute atomic E-state index is 13.6. The van der Waals surface area contributed by atoms with Gasteiger partial charge in [-0.25, -0.2) is 9.59 Å². The van der Waals surface area contributed by atoms with E-state index in [1.165, 1.54) is 34.7 Å². The Morgan fingerprint density at radius 2 is 1.94 bits per heavy atom. The highest BCUT2D eigenvalue weighted by Crippen LogP contribution is 2.49. The van der Waals surface area contributed by atoms with Crippen molar-refractivity contribution in [3.05, 3.63) is 40.9 Å². The Morgan fingerprint density at radius 1 is 1.17 bits per heavy atom. The molecule has 0 radical (unpaired) electrons. The summed E-state index contributed by atoms with van der Waals surface area (Å²) >= 11 is 1.25. The lowest BCUT2D eigenvalue weighted by Gasteiger charge is -2.48. The SMILES string of the molecule is COC(=O)/C=C1/SCC(=O)N1CCCOC(=O)C12CCC(=O)N1c1ccccc1C(=O)N2C1CC1. The van der Waals surface area contributed by atoms with Gasteiger partial charge in [0.15, 0.2) is 0 Å². The van der Waals surface area contributed by atoms with Crippen molar-refractivity contribution in [1.29, 1.82) is 0 Å². The Hall–Kier alpha value is -3.34. The van der Waals surface area contributed by atoms with E-state index in [-0.39, 0.29) is 55.5 Å². The van der Waals surface area contributed by atoms with Crippen molar-refractivity contribution < 1.29 is 33.4 Å². The number of carbonyl (C=O) groups excluding carboxylic acids is 5. The molecule has 3 fully saturated rings. The quantitative estimate of drug-likeness (QED) is 0.316. The van der Waals surface area contributed by atoms with E-state index in [2.05, 4.69) is 4.74 Å². The number of hydrogen-bond donors (Lipinski definition) is 0. The van der Waals surface area contributed by atoms with Crippen LogP contribution in [0.5, 0.6) is 0 Å². The van der Waals surface area contributed by atoms with Crippen LogP contribution in [0.4, 0.5) is 5.69 Å². The number of ether oxygens (including phenoxy) is 2. The molecule has 0 bridgehead atoms. The summed E-state index contributed by atoms with van der Waals surface area (Å²) in [6.45, 7) is 0.253. The average molecular weight is 500 g/mol. The molecule has 10 nitrogen and oxygen atoms in total. The fourth-order valence-electron chi connectivity index (χ4n) is 4.94. The summed E-state index contributed by atoms with van der Waals surface area (Å²) in [5, 5.41) is 0.494. The van der Waals surface area contributed by atoms with Crippen molar-refractivity contribution in [2.75, 3.05) is 30.9 Å². The highest BCUT2D eigenvalue weighted by molar-refractivity contribution is 8.04. The van der Waals surface area contributed by atoms with E-state index < -0.39 is 17.6 Å². The molecule has 1 aromatic rings. The number of thioether (sulfide) groups is 1. The van der Waals surface area contributed by atoms with Crippen LogP contribution in [-0.4, -0.2) is 77.2 Å². The monoisotopic (exact) mass is 499 g/mol. The number of para-hydroxylation sites is 1. The minimum atomic E-state index is -1.49. The molecule has 1 aliphatic carbocycles. The minimum absolute atomic E-state index is 0.00307. The molecule has 5 rings (SSSR count). The van der Waals surface area contributed by atoms with Crippen LogP contribution in [0.15, 0.2) is 35.4 Å². The lowest BCUT2D eigenvalue weighted by atomic mass is 9.96. The maximum atomic E-state index is 13.6. The smallest absolute Gasteiger partial charge is 0.353 e. The van der Waals surface area contributed by atoms with Crippen LogP contribution < -0.4 is 4.90 Å². The van der Waals surface area contributed by atoms with E-state index in [0.717, 1.165) is 12.8 Å². The third-order valence-corrected chi connectivity index (χ3v) is 7.68. The number of benzene rings is 1. The Kier molecular flexibility index (Phi) is 6.04. The van der Waals surface area contributed by atoms with Crippen molar-refractivity contribution in [2.24, 2.45) is 0 Å². The first-order chi connectivity index (χ1) is 16.9. The third kappa shape index (κ3) is 3.87. The standard InChI is InChI=1S/C24H25N3O7S/c1-33-21(30)13-20-25(19(29)14-35-20)11-4-12-34-23(32)24-10-9-18(28)27(24)17-6-3-2-5-16(17)22(31)26(24)15-7-8-15/h2-3,5-6,13,15H,4,7-12,14H2,1H3/b20-13+. The molecule has 0 spiro atoms. The van der Waals surface area contributed by atoms with E-state index in [1.807, 2.05) is 0 Å². The van der Waals surface area contributed by atoms with Gasteiger partial charge < -0.3 is 19.3 Å². The minimum Gasteiger partial charge on any atom is -0.466 e. The molecule has 3 amide bonds. The summed E-state index contributed by atoms with van der Waals surface area (Å²) < 4.78 is 10.3. The number of nitrogens with zero attached hydrogens (tertiary/aromatic N) is 3.